The molecule has 0 fully saturated rings. The van der Waals surface area contributed by atoms with Crippen molar-refractivity contribution in [3.63, 3.8) is 0 Å². The van der Waals surface area contributed by atoms with E-state index in [-0.39, 0.29) is 5.69 Å². The highest BCUT2D eigenvalue weighted by atomic mass is 79.9. The summed E-state index contributed by atoms with van der Waals surface area (Å²) in [5, 5.41) is 14.4. The van der Waals surface area contributed by atoms with Gasteiger partial charge in [-0.1, -0.05) is 5.16 Å². The van der Waals surface area contributed by atoms with E-state index in [0.717, 1.165) is 10.5 Å². The second-order valence-electron chi connectivity index (χ2n) is 3.20. The fourth-order valence-corrected chi connectivity index (χ4v) is 1.35. The van der Waals surface area contributed by atoms with Crippen LogP contribution in [0.1, 0.15) is 21.0 Å². The molecule has 2 aromatic heterocycles. The fraction of sp³-hybridized carbons (Fsp3) is 0. The molecule has 0 radical (unpaired) electrons. The van der Waals surface area contributed by atoms with Crippen molar-refractivity contribution in [2.24, 2.45) is 0 Å². The number of nitrogens with one attached hydrogen (secondary N) is 1. The number of hydrogen-bond acceptors (Lipinski definition) is 5. The van der Waals surface area contributed by atoms with Crippen LogP contribution in [-0.4, -0.2) is 27.1 Å². The van der Waals surface area contributed by atoms with Crippen LogP contribution in [-0.2, 0) is 0 Å². The molecule has 2 N–H and O–H groups in total. The summed E-state index contributed by atoms with van der Waals surface area (Å²) in [6.45, 7) is 0. The number of carboxylic acids is 1. The van der Waals surface area contributed by atoms with Gasteiger partial charge in [-0.3, -0.25) is 4.79 Å². The first-order valence-corrected chi connectivity index (χ1v) is 5.48. The third-order valence-electron chi connectivity index (χ3n) is 1.92. The number of pyridine rings is 1. The number of amides is 1. The van der Waals surface area contributed by atoms with Gasteiger partial charge in [0, 0.05) is 16.7 Å². The Bertz CT molecular complexity index is 593. The molecule has 8 heteroatoms. The quantitative estimate of drug-likeness (QED) is 0.895. The number of carbonyl (C=O) groups excluding carboxylic acids is 1. The summed E-state index contributed by atoms with van der Waals surface area (Å²) in [6, 6.07) is 4.32. The van der Waals surface area contributed by atoms with Crippen LogP contribution in [0.25, 0.3) is 0 Å². The number of nitrogens with zero attached hydrogens (tertiary/aromatic N) is 2. The van der Waals surface area contributed by atoms with Gasteiger partial charge < -0.3 is 14.9 Å². The predicted molar refractivity (Wildman–Crippen MR) is 63.4 cm³/mol. The van der Waals surface area contributed by atoms with E-state index < -0.39 is 17.6 Å². The summed E-state index contributed by atoms with van der Waals surface area (Å²) >= 11 is 3.21. The van der Waals surface area contributed by atoms with Gasteiger partial charge in [0.2, 0.25) is 5.76 Å². The molecule has 2 heterocycles. The van der Waals surface area contributed by atoms with Gasteiger partial charge in [-0.15, -0.1) is 0 Å². The lowest BCUT2D eigenvalue weighted by molar-refractivity contribution is 0.0651. The van der Waals surface area contributed by atoms with Gasteiger partial charge >= 0.3 is 5.97 Å². The molecular weight excluding hydrogens is 306 g/mol. The Balaban J connectivity index is 2.11. The number of anilines is 1. The largest absolute Gasteiger partial charge is 0.475 e. The van der Waals surface area contributed by atoms with Gasteiger partial charge in [0.15, 0.2) is 5.69 Å². The highest BCUT2D eigenvalue weighted by molar-refractivity contribution is 9.10. The van der Waals surface area contributed by atoms with Crippen LogP contribution in [0.3, 0.4) is 0 Å². The van der Waals surface area contributed by atoms with Gasteiger partial charge in [-0.25, -0.2) is 9.78 Å². The van der Waals surface area contributed by atoms with Crippen LogP contribution in [0.15, 0.2) is 33.4 Å². The minimum absolute atomic E-state index is 0.128. The van der Waals surface area contributed by atoms with Crippen LogP contribution in [0, 0.1) is 0 Å². The molecule has 2 aromatic rings. The molecule has 0 aliphatic heterocycles. The first-order chi connectivity index (χ1) is 8.56. The molecule has 0 bridgehead atoms. The molecule has 0 unspecified atom stereocenters. The second-order valence-corrected chi connectivity index (χ2v) is 4.11. The molecule has 0 saturated heterocycles. The molecule has 1 amide bonds. The smallest absolute Gasteiger partial charge is 0.374 e. The van der Waals surface area contributed by atoms with Crippen molar-refractivity contribution < 1.29 is 19.2 Å². The first kappa shape index (κ1) is 12.2. The molecule has 0 atom stereocenters. The number of carboxylic acid groups (broad SMARTS) is 1. The SMILES string of the molecule is O=C(Nc1ccc(Br)cn1)c1cc(C(=O)O)on1. The number of halogens is 1. The van der Waals surface area contributed by atoms with E-state index in [2.05, 4.69) is 35.9 Å². The van der Waals surface area contributed by atoms with E-state index in [1.165, 1.54) is 6.20 Å². The Morgan fingerprint density at radius 3 is 2.72 bits per heavy atom. The normalized spacial score (nSPS) is 10.1. The minimum atomic E-state index is -1.29. The van der Waals surface area contributed by atoms with E-state index in [9.17, 15) is 9.59 Å². The average Bonchev–Trinajstić information content (AvgIpc) is 2.81. The van der Waals surface area contributed by atoms with E-state index >= 15 is 0 Å². The number of aromatic nitrogens is 2. The van der Waals surface area contributed by atoms with Gasteiger partial charge in [0.05, 0.1) is 0 Å². The van der Waals surface area contributed by atoms with E-state index in [0.29, 0.717) is 5.82 Å². The summed E-state index contributed by atoms with van der Waals surface area (Å²) in [7, 11) is 0. The molecule has 92 valence electrons. The van der Waals surface area contributed by atoms with Crippen molar-refractivity contribution in [1.29, 1.82) is 0 Å². The number of carbonyl (C=O) groups is 2. The lowest BCUT2D eigenvalue weighted by atomic mass is 10.3. The maximum absolute atomic E-state index is 11.7. The first-order valence-electron chi connectivity index (χ1n) is 4.69. The van der Waals surface area contributed by atoms with E-state index in [1.807, 2.05) is 0 Å². The number of rotatable bonds is 3. The van der Waals surface area contributed by atoms with Crippen LogP contribution < -0.4 is 5.32 Å². The summed E-state index contributed by atoms with van der Waals surface area (Å²) in [5.41, 5.74) is -0.128. The van der Waals surface area contributed by atoms with Crippen LogP contribution in [0.5, 0.6) is 0 Å². The van der Waals surface area contributed by atoms with Crippen molar-refractivity contribution in [1.82, 2.24) is 10.1 Å². The molecule has 0 aliphatic rings. The zero-order valence-corrected chi connectivity index (χ0v) is 10.3. The molecule has 0 aromatic carbocycles. The fourth-order valence-electron chi connectivity index (χ4n) is 1.11. The average molecular weight is 312 g/mol. The number of hydrogen-bond donors (Lipinski definition) is 2. The standard InChI is InChI=1S/C10H6BrN3O4/c11-5-1-2-8(12-4-5)13-9(15)6-3-7(10(16)17)18-14-6/h1-4H,(H,16,17)(H,12,13,15). The Morgan fingerprint density at radius 2 is 2.17 bits per heavy atom. The van der Waals surface area contributed by atoms with Crippen molar-refractivity contribution in [3.05, 3.63) is 40.3 Å². The third-order valence-corrected chi connectivity index (χ3v) is 2.39. The highest BCUT2D eigenvalue weighted by Gasteiger charge is 2.16. The van der Waals surface area contributed by atoms with Crippen LogP contribution in [0.4, 0.5) is 5.82 Å². The number of aromatic carboxylic acids is 1. The molecule has 2 rings (SSSR count). The Hall–Kier alpha value is -2.22. The van der Waals surface area contributed by atoms with Gasteiger partial charge in [-0.2, -0.15) is 0 Å². The summed E-state index contributed by atoms with van der Waals surface area (Å²) in [6.07, 6.45) is 1.51. The third kappa shape index (κ3) is 2.72. The lowest BCUT2D eigenvalue weighted by Crippen LogP contribution is -2.13. The van der Waals surface area contributed by atoms with Crippen molar-refractivity contribution in [3.8, 4) is 0 Å². The lowest BCUT2D eigenvalue weighted by Gasteiger charge is -2.00. The van der Waals surface area contributed by atoms with Gasteiger partial charge in [-0.05, 0) is 28.1 Å². The summed E-state index contributed by atoms with van der Waals surface area (Å²) < 4.78 is 5.24. The highest BCUT2D eigenvalue weighted by Crippen LogP contribution is 2.12. The van der Waals surface area contributed by atoms with Crippen molar-refractivity contribution >= 4 is 33.6 Å². The van der Waals surface area contributed by atoms with Crippen LogP contribution in [0.2, 0.25) is 0 Å². The maximum atomic E-state index is 11.7. The Morgan fingerprint density at radius 1 is 1.39 bits per heavy atom. The molecule has 18 heavy (non-hydrogen) atoms. The molecule has 0 aliphatic carbocycles. The molecule has 0 saturated carbocycles. The monoisotopic (exact) mass is 311 g/mol. The minimum Gasteiger partial charge on any atom is -0.475 e. The maximum Gasteiger partial charge on any atom is 0.374 e. The summed E-state index contributed by atoms with van der Waals surface area (Å²) in [5.74, 6) is -1.96. The van der Waals surface area contributed by atoms with Gasteiger partial charge in [0.1, 0.15) is 5.82 Å². The van der Waals surface area contributed by atoms with Crippen molar-refractivity contribution in [2.75, 3.05) is 5.32 Å². The Labute approximate surface area is 109 Å². The van der Waals surface area contributed by atoms with Gasteiger partial charge in [0.25, 0.3) is 5.91 Å². The second kappa shape index (κ2) is 4.96. The van der Waals surface area contributed by atoms with Crippen molar-refractivity contribution in [2.45, 2.75) is 0 Å². The van der Waals surface area contributed by atoms with Crippen LogP contribution >= 0.6 is 15.9 Å². The zero-order chi connectivity index (χ0) is 13.1. The van der Waals surface area contributed by atoms with E-state index in [1.54, 1.807) is 12.1 Å². The molecular formula is C10H6BrN3O4. The summed E-state index contributed by atoms with van der Waals surface area (Å²) in [4.78, 5) is 26.1. The van der Waals surface area contributed by atoms with E-state index in [4.69, 9.17) is 5.11 Å². The zero-order valence-electron chi connectivity index (χ0n) is 8.75. The molecule has 0 spiro atoms. The Kier molecular flexibility index (Phi) is 3.38. The topological polar surface area (TPSA) is 105 Å². The molecule has 7 nitrogen and oxygen atoms in total. The predicted octanol–water partition coefficient (Wildman–Crippen LogP) is 1.78.